The molecule has 0 heterocycles. The lowest BCUT2D eigenvalue weighted by Crippen LogP contribution is -2.15. The number of hydrogen-bond donors (Lipinski definition) is 2. The van der Waals surface area contributed by atoms with Crippen molar-refractivity contribution in [2.24, 2.45) is 0 Å². The van der Waals surface area contributed by atoms with E-state index in [1.807, 2.05) is 0 Å². The molecule has 0 amide bonds. The van der Waals surface area contributed by atoms with Gasteiger partial charge in [0.05, 0.1) is 16.7 Å². The van der Waals surface area contributed by atoms with Crippen LogP contribution < -0.4 is 14.8 Å². The van der Waals surface area contributed by atoms with Gasteiger partial charge in [0, 0.05) is 36.9 Å². The van der Waals surface area contributed by atoms with Crippen LogP contribution in [0.15, 0.2) is 60.5 Å². The van der Waals surface area contributed by atoms with Crippen LogP contribution in [-0.4, -0.2) is 24.2 Å². The van der Waals surface area contributed by atoms with Crippen molar-refractivity contribution in [2.75, 3.05) is 13.2 Å². The van der Waals surface area contributed by atoms with Gasteiger partial charge in [-0.15, -0.1) is 0 Å². The summed E-state index contributed by atoms with van der Waals surface area (Å²) in [5.74, 6) is 1.69. The molecule has 0 radical (unpaired) electrons. The first-order chi connectivity index (χ1) is 14.8. The van der Waals surface area contributed by atoms with Crippen LogP contribution in [0.4, 0.5) is 0 Å². The number of halogens is 2. The molecule has 166 valence electrons. The average Bonchev–Trinajstić information content (AvgIpc) is 2.69. The molecule has 0 fully saturated rings. The summed E-state index contributed by atoms with van der Waals surface area (Å²) < 4.78 is 16.5. The summed E-state index contributed by atoms with van der Waals surface area (Å²) in [4.78, 5) is 11.3. The second-order valence-corrected chi connectivity index (χ2v) is 7.34. The predicted molar refractivity (Wildman–Crippen MR) is 122 cm³/mol. The molecule has 0 aromatic heterocycles. The number of esters is 1. The zero-order valence-corrected chi connectivity index (χ0v) is 18.9. The maximum Gasteiger partial charge on any atom is 0.305 e. The maximum atomic E-state index is 11.3. The van der Waals surface area contributed by atoms with Crippen LogP contribution in [0.1, 0.15) is 26.7 Å². The maximum absolute atomic E-state index is 11.3. The minimum absolute atomic E-state index is 0.0990. The van der Waals surface area contributed by atoms with E-state index < -0.39 is 0 Å². The third-order valence-electron chi connectivity index (χ3n) is 3.90. The van der Waals surface area contributed by atoms with E-state index in [0.29, 0.717) is 54.7 Å². The Morgan fingerprint density at radius 1 is 1.16 bits per heavy atom. The summed E-state index contributed by atoms with van der Waals surface area (Å²) in [5.41, 5.74) is 0.669. The van der Waals surface area contributed by atoms with Crippen LogP contribution in [0, 0.1) is 0 Å². The zero-order valence-electron chi connectivity index (χ0n) is 17.4. The summed E-state index contributed by atoms with van der Waals surface area (Å²) >= 11 is 11.9. The highest BCUT2D eigenvalue weighted by Crippen LogP contribution is 2.37. The van der Waals surface area contributed by atoms with Crippen LogP contribution in [0.25, 0.3) is 0 Å². The Balaban J connectivity index is 1.89. The molecule has 0 aliphatic carbocycles. The van der Waals surface area contributed by atoms with Gasteiger partial charge in [0.25, 0.3) is 0 Å². The standard InChI is InChI=1S/C23H25Cl2NO5/c1-4-29-22(27)9-6-10-26-15(2)11-16(3)30-17-7-5-8-18(12-17)31-19-13-20(24)23(28)21(25)14-19/h5,7-8,11-14,26,28H,2,4,6,9-10H2,1,3H3/b16-11+. The molecule has 0 bridgehead atoms. The molecule has 2 rings (SSSR count). The van der Waals surface area contributed by atoms with Gasteiger partial charge in [-0.2, -0.15) is 0 Å². The number of phenolic OH excluding ortho intramolecular Hbond substituents is 1. The summed E-state index contributed by atoms with van der Waals surface area (Å²) in [6.07, 6.45) is 2.77. The molecule has 2 aromatic rings. The van der Waals surface area contributed by atoms with Crippen molar-refractivity contribution in [1.29, 1.82) is 0 Å². The Kier molecular flexibility index (Phi) is 9.56. The van der Waals surface area contributed by atoms with Gasteiger partial charge in [0.15, 0.2) is 5.75 Å². The number of rotatable bonds is 11. The number of phenols is 1. The first kappa shape index (κ1) is 24.4. The first-order valence-electron chi connectivity index (χ1n) is 9.69. The van der Waals surface area contributed by atoms with Crippen molar-refractivity contribution < 1.29 is 24.1 Å². The Morgan fingerprint density at radius 3 is 2.52 bits per heavy atom. The van der Waals surface area contributed by atoms with E-state index >= 15 is 0 Å². The summed E-state index contributed by atoms with van der Waals surface area (Å²) in [6.45, 7) is 8.51. The number of hydrogen-bond acceptors (Lipinski definition) is 6. The Hall–Kier alpha value is -2.83. The minimum atomic E-state index is -0.205. The van der Waals surface area contributed by atoms with E-state index in [-0.39, 0.29) is 21.8 Å². The molecular formula is C23H25Cl2NO5. The smallest absolute Gasteiger partial charge is 0.305 e. The average molecular weight is 466 g/mol. The van der Waals surface area contributed by atoms with E-state index in [1.54, 1.807) is 44.2 Å². The number of benzene rings is 2. The number of carbonyl (C=O) groups is 1. The van der Waals surface area contributed by atoms with E-state index in [2.05, 4.69) is 11.9 Å². The van der Waals surface area contributed by atoms with Crippen LogP contribution in [-0.2, 0) is 9.53 Å². The molecule has 0 saturated heterocycles. The molecule has 31 heavy (non-hydrogen) atoms. The molecular weight excluding hydrogens is 441 g/mol. The van der Waals surface area contributed by atoms with Crippen molar-refractivity contribution in [3.63, 3.8) is 0 Å². The molecule has 6 nitrogen and oxygen atoms in total. The van der Waals surface area contributed by atoms with Crippen LogP contribution in [0.5, 0.6) is 23.0 Å². The fourth-order valence-electron chi connectivity index (χ4n) is 2.57. The number of nitrogens with one attached hydrogen (secondary N) is 1. The quantitative estimate of drug-likeness (QED) is 0.177. The van der Waals surface area contributed by atoms with Crippen molar-refractivity contribution in [1.82, 2.24) is 5.32 Å². The van der Waals surface area contributed by atoms with E-state index in [9.17, 15) is 9.90 Å². The lowest BCUT2D eigenvalue weighted by molar-refractivity contribution is -0.143. The largest absolute Gasteiger partial charge is 0.505 e. The Morgan fingerprint density at radius 2 is 1.84 bits per heavy atom. The van der Waals surface area contributed by atoms with E-state index in [4.69, 9.17) is 37.4 Å². The monoisotopic (exact) mass is 465 g/mol. The van der Waals surface area contributed by atoms with Crippen molar-refractivity contribution in [3.05, 3.63) is 70.6 Å². The van der Waals surface area contributed by atoms with Gasteiger partial charge < -0.3 is 24.6 Å². The van der Waals surface area contributed by atoms with Crippen LogP contribution >= 0.6 is 23.2 Å². The molecule has 0 aliphatic rings. The zero-order chi connectivity index (χ0) is 22.8. The highest BCUT2D eigenvalue weighted by molar-refractivity contribution is 6.37. The highest BCUT2D eigenvalue weighted by atomic mass is 35.5. The third kappa shape index (κ3) is 8.44. The second-order valence-electron chi connectivity index (χ2n) is 6.53. The van der Waals surface area contributed by atoms with Gasteiger partial charge in [0.1, 0.15) is 23.0 Å². The summed E-state index contributed by atoms with van der Waals surface area (Å²) in [7, 11) is 0. The molecule has 8 heteroatoms. The number of ether oxygens (including phenoxy) is 3. The topological polar surface area (TPSA) is 77.0 Å². The molecule has 0 spiro atoms. The normalized spacial score (nSPS) is 11.0. The predicted octanol–water partition coefficient (Wildman–Crippen LogP) is 6.22. The second kappa shape index (κ2) is 12.1. The number of allylic oxidation sites excluding steroid dienone is 2. The molecule has 0 atom stereocenters. The molecule has 0 aliphatic heterocycles. The van der Waals surface area contributed by atoms with Crippen LogP contribution in [0.3, 0.4) is 0 Å². The van der Waals surface area contributed by atoms with Crippen LogP contribution in [0.2, 0.25) is 10.0 Å². The van der Waals surface area contributed by atoms with Gasteiger partial charge in [-0.05, 0) is 38.5 Å². The summed E-state index contributed by atoms with van der Waals surface area (Å²) in [5, 5.41) is 13.0. The molecule has 2 N–H and O–H groups in total. The van der Waals surface area contributed by atoms with Gasteiger partial charge in [-0.1, -0.05) is 35.8 Å². The lowest BCUT2D eigenvalue weighted by Gasteiger charge is -2.11. The van der Waals surface area contributed by atoms with E-state index in [0.717, 1.165) is 0 Å². The minimum Gasteiger partial charge on any atom is -0.505 e. The van der Waals surface area contributed by atoms with Gasteiger partial charge >= 0.3 is 5.97 Å². The number of carbonyl (C=O) groups excluding carboxylic acids is 1. The van der Waals surface area contributed by atoms with Gasteiger partial charge in [-0.3, -0.25) is 4.79 Å². The Labute approximate surface area is 192 Å². The third-order valence-corrected chi connectivity index (χ3v) is 4.48. The van der Waals surface area contributed by atoms with Crippen molar-refractivity contribution in [3.8, 4) is 23.0 Å². The van der Waals surface area contributed by atoms with Crippen molar-refractivity contribution in [2.45, 2.75) is 26.7 Å². The van der Waals surface area contributed by atoms with Crippen molar-refractivity contribution >= 4 is 29.2 Å². The first-order valence-corrected chi connectivity index (χ1v) is 10.4. The SMILES string of the molecule is C=C(/C=C(\C)Oc1cccc(Oc2cc(Cl)c(O)c(Cl)c2)c1)NCCCC(=O)OCC. The van der Waals surface area contributed by atoms with E-state index in [1.165, 1.54) is 12.1 Å². The fraction of sp³-hybridized carbons (Fsp3) is 0.261. The molecule has 2 aromatic carbocycles. The Bertz CT molecular complexity index is 936. The summed E-state index contributed by atoms with van der Waals surface area (Å²) in [6, 6.07) is 9.98. The lowest BCUT2D eigenvalue weighted by atomic mass is 10.3. The number of aromatic hydroxyl groups is 1. The highest BCUT2D eigenvalue weighted by Gasteiger charge is 2.09. The van der Waals surface area contributed by atoms with Gasteiger partial charge in [0.2, 0.25) is 0 Å². The molecule has 0 saturated carbocycles. The fourth-order valence-corrected chi connectivity index (χ4v) is 3.03. The molecule has 0 unspecified atom stereocenters. The van der Waals surface area contributed by atoms with Gasteiger partial charge in [-0.25, -0.2) is 0 Å².